The third kappa shape index (κ3) is 7.95. The molecule has 2 aromatic rings. The molecule has 4 rings (SSSR count). The summed E-state index contributed by atoms with van der Waals surface area (Å²) in [6.07, 6.45) is 0.551. The van der Waals surface area contributed by atoms with Gasteiger partial charge in [-0.2, -0.15) is 0 Å². The van der Waals surface area contributed by atoms with Gasteiger partial charge in [0, 0.05) is 0 Å². The number of hydrogen-bond donors (Lipinski definition) is 0. The Morgan fingerprint density at radius 2 is 1.00 bits per heavy atom. The van der Waals surface area contributed by atoms with Gasteiger partial charge >= 0.3 is 16.5 Å². The van der Waals surface area contributed by atoms with Crippen molar-refractivity contribution in [2.75, 3.05) is 0 Å². The van der Waals surface area contributed by atoms with Crippen LogP contribution in [0.4, 0.5) is 0 Å². The quantitative estimate of drug-likeness (QED) is 0.398. The molecule has 38 heavy (non-hydrogen) atoms. The van der Waals surface area contributed by atoms with E-state index in [0.717, 1.165) is 11.8 Å². The number of rotatable bonds is 8. The Kier molecular flexibility index (Phi) is 13.8. The van der Waals surface area contributed by atoms with Gasteiger partial charge in [0.05, 0.1) is 6.42 Å². The van der Waals surface area contributed by atoms with E-state index in [2.05, 4.69) is 104 Å². The fraction of sp³-hybridized carbons (Fsp3) is 0.548. The summed E-state index contributed by atoms with van der Waals surface area (Å²) in [4.78, 5) is 10.1. The van der Waals surface area contributed by atoms with Crippen molar-refractivity contribution in [3.63, 3.8) is 0 Å². The predicted molar refractivity (Wildman–Crippen MR) is 145 cm³/mol. The maximum Gasteiger partial charge on any atom is 2.00 e. The number of aliphatic imine (C=N–C) groups is 2. The summed E-state index contributed by atoms with van der Waals surface area (Å²) in [6.45, 7) is 17.7. The van der Waals surface area contributed by atoms with Crippen molar-refractivity contribution in [2.24, 2.45) is 21.8 Å². The molecule has 4 atom stereocenters. The first-order valence-corrected chi connectivity index (χ1v) is 13.3. The summed E-state index contributed by atoms with van der Waals surface area (Å²) in [5.74, 6) is 3.15. The van der Waals surface area contributed by atoms with E-state index in [1.54, 1.807) is 0 Å². The second-order valence-electron chi connectivity index (χ2n) is 11.4. The SMILES string of the molecule is CC(C)c1cccc([C@H]2N=C(CC3=N[C@H](c4cccc(C(C)C)c4)C(C(C)C)O3)OC2C(C)C)c1.[Br-].[Br-].[Ni+2]. The minimum atomic E-state index is 0. The third-order valence-electron chi connectivity index (χ3n) is 7.19. The molecule has 0 bridgehead atoms. The second-order valence-corrected chi connectivity index (χ2v) is 11.4. The molecule has 212 valence electrons. The van der Waals surface area contributed by atoms with Gasteiger partial charge in [0.15, 0.2) is 11.8 Å². The van der Waals surface area contributed by atoms with Crippen LogP contribution in [0.5, 0.6) is 0 Å². The average Bonchev–Trinajstić information content (AvgIpc) is 3.44. The van der Waals surface area contributed by atoms with Crippen LogP contribution in [-0.2, 0) is 26.0 Å². The summed E-state index contributed by atoms with van der Waals surface area (Å²) in [5.41, 5.74) is 5.12. The van der Waals surface area contributed by atoms with Crippen LogP contribution >= 0.6 is 0 Å². The van der Waals surface area contributed by atoms with Gasteiger partial charge in [-0.15, -0.1) is 0 Å². The van der Waals surface area contributed by atoms with E-state index in [1.165, 1.54) is 22.3 Å². The van der Waals surface area contributed by atoms with Crippen molar-refractivity contribution in [2.45, 2.75) is 97.9 Å². The predicted octanol–water partition coefficient (Wildman–Crippen LogP) is 2.02. The maximum absolute atomic E-state index is 6.43. The zero-order valence-electron chi connectivity index (χ0n) is 23.7. The van der Waals surface area contributed by atoms with Gasteiger partial charge in [-0.25, -0.2) is 9.98 Å². The summed E-state index contributed by atoms with van der Waals surface area (Å²) < 4.78 is 12.9. The molecule has 0 aromatic heterocycles. The monoisotopic (exact) mass is 690 g/mol. The van der Waals surface area contributed by atoms with E-state index < -0.39 is 0 Å². The Bertz CT molecular complexity index is 1020. The Hall–Kier alpha value is -1.17. The van der Waals surface area contributed by atoms with Crippen molar-refractivity contribution >= 4 is 11.8 Å². The number of nitrogens with zero attached hydrogens (tertiary/aromatic N) is 2. The first-order chi connectivity index (χ1) is 16.6. The zero-order valence-corrected chi connectivity index (χ0v) is 27.9. The summed E-state index contributed by atoms with van der Waals surface area (Å²) in [5, 5.41) is 0. The molecular formula is C31H42Br2N2NiO2. The topological polar surface area (TPSA) is 43.2 Å². The first-order valence-electron chi connectivity index (χ1n) is 13.3. The Labute approximate surface area is 261 Å². The van der Waals surface area contributed by atoms with Crippen LogP contribution in [0.1, 0.15) is 108 Å². The zero-order chi connectivity index (χ0) is 25.3. The van der Waals surface area contributed by atoms with Crippen LogP contribution in [-0.4, -0.2) is 24.0 Å². The minimum absolute atomic E-state index is 0. The molecule has 2 heterocycles. The van der Waals surface area contributed by atoms with Crippen LogP contribution in [0.2, 0.25) is 0 Å². The van der Waals surface area contributed by atoms with Crippen molar-refractivity contribution in [3.05, 3.63) is 70.8 Å². The van der Waals surface area contributed by atoms with Crippen molar-refractivity contribution in [1.29, 1.82) is 0 Å². The number of ether oxygens (including phenoxy) is 2. The molecule has 2 aromatic carbocycles. The van der Waals surface area contributed by atoms with Gasteiger partial charge in [-0.05, 0) is 45.9 Å². The molecule has 4 nitrogen and oxygen atoms in total. The molecule has 2 unspecified atom stereocenters. The van der Waals surface area contributed by atoms with Crippen LogP contribution in [0.15, 0.2) is 58.5 Å². The minimum Gasteiger partial charge on any atom is -1.00 e. The van der Waals surface area contributed by atoms with Crippen LogP contribution in [0.25, 0.3) is 0 Å². The van der Waals surface area contributed by atoms with Gasteiger partial charge in [0.2, 0.25) is 0 Å². The molecular weight excluding hydrogens is 651 g/mol. The van der Waals surface area contributed by atoms with Crippen molar-refractivity contribution in [3.8, 4) is 0 Å². The first kappa shape index (κ1) is 34.9. The van der Waals surface area contributed by atoms with Crippen molar-refractivity contribution < 1.29 is 59.9 Å². The van der Waals surface area contributed by atoms with E-state index in [0.29, 0.717) is 30.1 Å². The smallest absolute Gasteiger partial charge is 1.00 e. The Morgan fingerprint density at radius 3 is 1.32 bits per heavy atom. The average molecular weight is 693 g/mol. The Balaban J connectivity index is 0.00000241. The second kappa shape index (κ2) is 15.0. The van der Waals surface area contributed by atoms with Crippen LogP contribution < -0.4 is 34.0 Å². The maximum atomic E-state index is 6.43. The van der Waals surface area contributed by atoms with E-state index >= 15 is 0 Å². The van der Waals surface area contributed by atoms with Gasteiger partial charge in [0.1, 0.15) is 24.3 Å². The van der Waals surface area contributed by atoms with Crippen LogP contribution in [0, 0.1) is 11.8 Å². The fourth-order valence-corrected chi connectivity index (χ4v) is 5.00. The molecule has 0 spiro atoms. The molecule has 7 heteroatoms. The largest absolute Gasteiger partial charge is 2.00 e. The number of hydrogen-bond acceptors (Lipinski definition) is 4. The Morgan fingerprint density at radius 1 is 0.632 bits per heavy atom. The number of halogens is 2. The van der Waals surface area contributed by atoms with E-state index in [9.17, 15) is 0 Å². The molecule has 0 fully saturated rings. The van der Waals surface area contributed by atoms with Gasteiger partial charge in [-0.3, -0.25) is 0 Å². The summed E-state index contributed by atoms with van der Waals surface area (Å²) >= 11 is 0. The van der Waals surface area contributed by atoms with E-state index in [4.69, 9.17) is 19.5 Å². The molecule has 0 aliphatic carbocycles. The summed E-state index contributed by atoms with van der Waals surface area (Å²) in [7, 11) is 0. The molecule has 0 radical (unpaired) electrons. The molecule has 0 saturated carbocycles. The van der Waals surface area contributed by atoms with Gasteiger partial charge in [-0.1, -0.05) is 104 Å². The molecule has 2 aliphatic rings. The van der Waals surface area contributed by atoms with Gasteiger partial charge < -0.3 is 43.4 Å². The molecule has 0 amide bonds. The summed E-state index contributed by atoms with van der Waals surface area (Å²) in [6, 6.07) is 17.6. The van der Waals surface area contributed by atoms with E-state index in [1.807, 2.05) is 0 Å². The molecule has 2 aliphatic heterocycles. The van der Waals surface area contributed by atoms with Crippen molar-refractivity contribution in [1.82, 2.24) is 0 Å². The number of benzene rings is 2. The molecule has 0 saturated heterocycles. The van der Waals surface area contributed by atoms with Crippen LogP contribution in [0.3, 0.4) is 0 Å². The third-order valence-corrected chi connectivity index (χ3v) is 7.19. The van der Waals surface area contributed by atoms with E-state index in [-0.39, 0.29) is 74.7 Å². The van der Waals surface area contributed by atoms with Gasteiger partial charge in [0.25, 0.3) is 0 Å². The molecule has 0 N–H and O–H groups in total. The normalized spacial score (nSPS) is 22.3. The standard InChI is InChI=1S/C31H42N2O2.2BrH.Ni/c1-18(2)22-11-9-13-24(15-22)28-30(20(5)6)34-26(32-28)17-27-33-29(31(35-27)21(7)8)25-14-10-12-23(16-25)19(3)4;;;/h9-16,18-21,28-31H,17H2,1-8H3;2*1H;/q;;;+2/p-2/t28-,29-,30?,31?;;;/m1.../s1. The fourth-order valence-electron chi connectivity index (χ4n) is 5.00.